The van der Waals surface area contributed by atoms with Crippen molar-refractivity contribution < 1.29 is 29.7 Å². The lowest BCUT2D eigenvalue weighted by atomic mass is 9.71. The Hall–Kier alpha value is -1.11. The average molecular weight is 765 g/mol. The summed E-state index contributed by atoms with van der Waals surface area (Å²) in [6.07, 6.45) is 32.2. The second kappa shape index (κ2) is 34.0. The van der Waals surface area contributed by atoms with Gasteiger partial charge in [-0.3, -0.25) is 14.4 Å². The Labute approximate surface area is 335 Å². The van der Waals surface area contributed by atoms with E-state index in [1.54, 1.807) is 0 Å². The Morgan fingerprint density at radius 1 is 0.352 bits per heavy atom. The van der Waals surface area contributed by atoms with Gasteiger partial charge < -0.3 is 15.3 Å². The van der Waals surface area contributed by atoms with E-state index in [0.29, 0.717) is 19.3 Å². The first-order valence-electron chi connectivity index (χ1n) is 23.5. The smallest absolute Gasteiger partial charge is 0.219 e. The highest BCUT2D eigenvalue weighted by Crippen LogP contribution is 2.32. The van der Waals surface area contributed by atoms with E-state index in [4.69, 9.17) is 0 Å². The van der Waals surface area contributed by atoms with Crippen LogP contribution in [-0.2, 0) is 14.4 Å². The molecule has 0 amide bonds. The van der Waals surface area contributed by atoms with Gasteiger partial charge in [0, 0.05) is 19.3 Å². The molecule has 0 aromatic carbocycles. The lowest BCUT2D eigenvalue weighted by Crippen LogP contribution is -2.69. The number of carbonyl (C=O) groups excluding carboxylic acids is 3. The number of ketones is 3. The molecule has 0 radical (unpaired) electrons. The summed E-state index contributed by atoms with van der Waals surface area (Å²) in [6.45, 7) is 12.5. The molecule has 6 nitrogen and oxygen atoms in total. The number of aliphatic hydroxyl groups is 3. The standard InChI is InChI=1S/C48H92O6/c1-41(2)34-28-22-16-10-7-13-19-25-31-37-44(50)47(53,40-49)48(54,45(51)38-32-26-20-14-8-11-17-23-29-35-42(3)4)46(52)39-33-27-21-15-9-12-18-24-30-36-43(5)6/h41-43,49,53-54H,7-40H2,1-6H3. The van der Waals surface area contributed by atoms with Gasteiger partial charge in [-0.15, -0.1) is 0 Å². The quantitative estimate of drug-likeness (QED) is 0.0422. The summed E-state index contributed by atoms with van der Waals surface area (Å²) in [5, 5.41) is 33.9. The van der Waals surface area contributed by atoms with E-state index in [2.05, 4.69) is 41.5 Å². The van der Waals surface area contributed by atoms with Gasteiger partial charge in [-0.25, -0.2) is 0 Å². The predicted octanol–water partition coefficient (Wildman–Crippen LogP) is 13.0. The van der Waals surface area contributed by atoms with Crippen molar-refractivity contribution in [2.75, 3.05) is 6.61 Å². The summed E-state index contributed by atoms with van der Waals surface area (Å²) >= 11 is 0. The molecule has 0 bridgehead atoms. The van der Waals surface area contributed by atoms with Crippen LogP contribution in [0, 0.1) is 17.8 Å². The lowest BCUT2D eigenvalue weighted by Gasteiger charge is -2.39. The molecule has 1 unspecified atom stereocenters. The molecule has 3 N–H and O–H groups in total. The minimum Gasteiger partial charge on any atom is -0.393 e. The lowest BCUT2D eigenvalue weighted by molar-refractivity contribution is -0.194. The van der Waals surface area contributed by atoms with Crippen LogP contribution in [0.1, 0.15) is 253 Å². The molecule has 0 fully saturated rings. The van der Waals surface area contributed by atoms with E-state index in [9.17, 15) is 29.7 Å². The summed E-state index contributed by atoms with van der Waals surface area (Å²) in [7, 11) is 0. The summed E-state index contributed by atoms with van der Waals surface area (Å²) in [5.74, 6) is -0.164. The second-order valence-electron chi connectivity index (χ2n) is 18.3. The van der Waals surface area contributed by atoms with Gasteiger partial charge in [-0.1, -0.05) is 215 Å². The number of rotatable bonds is 41. The van der Waals surface area contributed by atoms with Gasteiger partial charge in [0.1, 0.15) is 0 Å². The van der Waals surface area contributed by atoms with Crippen LogP contribution in [0.3, 0.4) is 0 Å². The van der Waals surface area contributed by atoms with Gasteiger partial charge in [0.2, 0.25) is 5.60 Å². The first-order chi connectivity index (χ1) is 25.8. The number of hydrogen-bond acceptors (Lipinski definition) is 6. The van der Waals surface area contributed by atoms with Crippen molar-refractivity contribution in [2.24, 2.45) is 17.8 Å². The summed E-state index contributed by atoms with van der Waals surface area (Å²) in [4.78, 5) is 40.9. The molecular weight excluding hydrogens is 673 g/mol. The zero-order valence-corrected chi connectivity index (χ0v) is 36.8. The molecule has 0 spiro atoms. The zero-order valence-electron chi connectivity index (χ0n) is 36.8. The molecule has 0 saturated heterocycles. The number of hydrogen-bond donors (Lipinski definition) is 3. The fourth-order valence-electron chi connectivity index (χ4n) is 7.82. The highest BCUT2D eigenvalue weighted by atomic mass is 16.4. The molecule has 0 aromatic heterocycles. The van der Waals surface area contributed by atoms with Crippen LogP contribution in [0.2, 0.25) is 0 Å². The third kappa shape index (κ3) is 25.2. The zero-order chi connectivity index (χ0) is 40.5. The van der Waals surface area contributed by atoms with Gasteiger partial charge >= 0.3 is 0 Å². The molecule has 0 aliphatic heterocycles. The molecule has 0 aromatic rings. The fraction of sp³-hybridized carbons (Fsp3) is 0.938. The highest BCUT2D eigenvalue weighted by Gasteiger charge is 2.62. The number of carbonyl (C=O) groups is 3. The number of unbranched alkanes of at least 4 members (excludes halogenated alkanes) is 24. The normalized spacial score (nSPS) is 13.3. The third-order valence-electron chi connectivity index (χ3n) is 11.7. The van der Waals surface area contributed by atoms with Gasteiger partial charge in [0.15, 0.2) is 23.0 Å². The Bertz CT molecular complexity index is 869. The average Bonchev–Trinajstić information content (AvgIpc) is 3.13. The van der Waals surface area contributed by atoms with E-state index in [-0.39, 0.29) is 19.3 Å². The van der Waals surface area contributed by atoms with Gasteiger partial charge in [0.25, 0.3) is 0 Å². The van der Waals surface area contributed by atoms with Crippen molar-refractivity contribution >= 4 is 17.3 Å². The first-order valence-corrected chi connectivity index (χ1v) is 23.5. The molecule has 320 valence electrons. The molecule has 54 heavy (non-hydrogen) atoms. The Morgan fingerprint density at radius 2 is 0.556 bits per heavy atom. The minimum atomic E-state index is -2.92. The molecule has 6 heteroatoms. The molecule has 0 rings (SSSR count). The molecule has 1 atom stereocenters. The van der Waals surface area contributed by atoms with Crippen molar-refractivity contribution in [3.63, 3.8) is 0 Å². The van der Waals surface area contributed by atoms with Gasteiger partial charge in [0.05, 0.1) is 6.61 Å². The van der Waals surface area contributed by atoms with E-state index in [1.807, 2.05) is 0 Å². The topological polar surface area (TPSA) is 112 Å². The third-order valence-corrected chi connectivity index (χ3v) is 11.7. The maximum absolute atomic E-state index is 13.7. The Kier molecular flexibility index (Phi) is 33.3. The van der Waals surface area contributed by atoms with Crippen LogP contribution in [0.25, 0.3) is 0 Å². The van der Waals surface area contributed by atoms with Crippen LogP contribution in [0.4, 0.5) is 0 Å². The fourth-order valence-corrected chi connectivity index (χ4v) is 7.82. The Morgan fingerprint density at radius 3 is 0.778 bits per heavy atom. The summed E-state index contributed by atoms with van der Waals surface area (Å²) in [6, 6.07) is 0. The minimum absolute atomic E-state index is 0.0793. The maximum atomic E-state index is 13.7. The van der Waals surface area contributed by atoms with Crippen molar-refractivity contribution in [3.05, 3.63) is 0 Å². The van der Waals surface area contributed by atoms with Crippen molar-refractivity contribution in [3.8, 4) is 0 Å². The predicted molar refractivity (Wildman–Crippen MR) is 229 cm³/mol. The van der Waals surface area contributed by atoms with Gasteiger partial charge in [-0.2, -0.15) is 0 Å². The van der Waals surface area contributed by atoms with Crippen LogP contribution in [-0.4, -0.2) is 50.5 Å². The SMILES string of the molecule is CC(C)CCCCCCCCCCCC(=O)C(O)(CO)C(O)(C(=O)CCCCCCCCCCCC(C)C)C(=O)CCCCCCCCCCCC(C)C. The van der Waals surface area contributed by atoms with Crippen LogP contribution in [0.15, 0.2) is 0 Å². The van der Waals surface area contributed by atoms with Crippen molar-refractivity contribution in [1.82, 2.24) is 0 Å². The molecule has 0 aliphatic rings. The van der Waals surface area contributed by atoms with Crippen LogP contribution in [0.5, 0.6) is 0 Å². The molecule has 0 saturated carbocycles. The van der Waals surface area contributed by atoms with Crippen molar-refractivity contribution in [2.45, 2.75) is 265 Å². The van der Waals surface area contributed by atoms with Crippen LogP contribution < -0.4 is 0 Å². The van der Waals surface area contributed by atoms with Crippen LogP contribution >= 0.6 is 0 Å². The monoisotopic (exact) mass is 765 g/mol. The molecular formula is C48H92O6. The number of aliphatic hydroxyl groups excluding tert-OH is 1. The highest BCUT2D eigenvalue weighted by molar-refractivity contribution is 6.16. The van der Waals surface area contributed by atoms with E-state index in [0.717, 1.165) is 94.8 Å². The van der Waals surface area contributed by atoms with Gasteiger partial charge in [-0.05, 0) is 37.0 Å². The largest absolute Gasteiger partial charge is 0.393 e. The molecule has 0 heterocycles. The second-order valence-corrected chi connectivity index (χ2v) is 18.3. The number of Topliss-reactive ketones (excluding diaryl/α,β-unsaturated/α-hetero) is 3. The van der Waals surface area contributed by atoms with Crippen molar-refractivity contribution in [1.29, 1.82) is 0 Å². The Balaban J connectivity index is 5.02. The van der Waals surface area contributed by atoms with E-state index in [1.165, 1.54) is 96.3 Å². The first kappa shape index (κ1) is 52.9. The summed E-state index contributed by atoms with van der Waals surface area (Å²) < 4.78 is 0. The van der Waals surface area contributed by atoms with E-state index >= 15 is 0 Å². The summed E-state index contributed by atoms with van der Waals surface area (Å²) in [5.41, 5.74) is -5.73. The van der Waals surface area contributed by atoms with E-state index < -0.39 is 35.2 Å². The molecule has 0 aliphatic carbocycles. The maximum Gasteiger partial charge on any atom is 0.219 e.